The predicted octanol–water partition coefficient (Wildman–Crippen LogP) is 2.38. The van der Waals surface area contributed by atoms with Crippen LogP contribution in [0.3, 0.4) is 0 Å². The average Bonchev–Trinajstić information content (AvgIpc) is 2.93. The van der Waals surface area contributed by atoms with Gasteiger partial charge in [-0.25, -0.2) is 14.6 Å². The van der Waals surface area contributed by atoms with Gasteiger partial charge in [-0.15, -0.1) is 11.3 Å². The van der Waals surface area contributed by atoms with E-state index in [2.05, 4.69) is 9.88 Å². The van der Waals surface area contributed by atoms with Gasteiger partial charge in [-0.1, -0.05) is 0 Å². The molecule has 128 valence electrons. The van der Waals surface area contributed by atoms with Gasteiger partial charge in [0.2, 0.25) is 0 Å². The lowest BCUT2D eigenvalue weighted by atomic mass is 10.2. The third kappa shape index (κ3) is 4.13. The van der Waals surface area contributed by atoms with Crippen LogP contribution in [0.15, 0.2) is 5.51 Å². The van der Waals surface area contributed by atoms with Gasteiger partial charge in [0, 0.05) is 25.7 Å². The molecule has 8 heteroatoms. The normalized spacial score (nSPS) is 18.7. The number of amides is 1. The first-order valence-electron chi connectivity index (χ1n) is 7.49. The maximum atomic E-state index is 12.2. The summed E-state index contributed by atoms with van der Waals surface area (Å²) < 4.78 is 10.2. The summed E-state index contributed by atoms with van der Waals surface area (Å²) in [6.45, 7) is 9.30. The predicted molar refractivity (Wildman–Crippen MR) is 88.1 cm³/mol. The summed E-state index contributed by atoms with van der Waals surface area (Å²) in [4.78, 5) is 31.9. The zero-order valence-corrected chi connectivity index (χ0v) is 15.0. The molecule has 0 radical (unpaired) electrons. The van der Waals surface area contributed by atoms with E-state index in [1.807, 2.05) is 27.7 Å². The van der Waals surface area contributed by atoms with Crippen molar-refractivity contribution in [2.75, 3.05) is 31.6 Å². The van der Waals surface area contributed by atoms with Crippen molar-refractivity contribution in [2.24, 2.45) is 0 Å². The Morgan fingerprint density at radius 2 is 2.04 bits per heavy atom. The molecule has 7 nitrogen and oxygen atoms in total. The number of hydrogen-bond acceptors (Lipinski definition) is 7. The Hall–Kier alpha value is -1.83. The fourth-order valence-electron chi connectivity index (χ4n) is 2.43. The summed E-state index contributed by atoms with van der Waals surface area (Å²) in [5.41, 5.74) is 1.45. The lowest BCUT2D eigenvalue weighted by Crippen LogP contribution is -2.55. The minimum absolute atomic E-state index is 0.0220. The van der Waals surface area contributed by atoms with Crippen LogP contribution in [0, 0.1) is 0 Å². The van der Waals surface area contributed by atoms with Crippen LogP contribution >= 0.6 is 11.3 Å². The number of ether oxygens (including phenoxy) is 2. The lowest BCUT2D eigenvalue weighted by molar-refractivity contribution is 0.0158. The summed E-state index contributed by atoms with van der Waals surface area (Å²) in [5, 5.41) is 0.785. The molecule has 0 aromatic carbocycles. The molecule has 1 aliphatic heterocycles. The van der Waals surface area contributed by atoms with Gasteiger partial charge in [-0.3, -0.25) is 0 Å². The number of hydrogen-bond donors (Lipinski definition) is 0. The highest BCUT2D eigenvalue weighted by Crippen LogP contribution is 2.28. The average molecular weight is 341 g/mol. The van der Waals surface area contributed by atoms with Gasteiger partial charge in [0.05, 0.1) is 12.6 Å². The van der Waals surface area contributed by atoms with E-state index in [9.17, 15) is 9.59 Å². The number of methoxy groups -OCH3 is 1. The van der Waals surface area contributed by atoms with Crippen molar-refractivity contribution in [3.63, 3.8) is 0 Å². The number of aromatic nitrogens is 1. The number of nitrogens with zero attached hydrogens (tertiary/aromatic N) is 3. The van der Waals surface area contributed by atoms with Crippen molar-refractivity contribution in [2.45, 2.75) is 39.3 Å². The van der Waals surface area contributed by atoms with Crippen LogP contribution in [0.2, 0.25) is 0 Å². The molecule has 1 fully saturated rings. The van der Waals surface area contributed by atoms with Crippen molar-refractivity contribution < 1.29 is 19.1 Å². The number of carbonyl (C=O) groups excluding carboxylic acids is 2. The molecule has 1 aromatic heterocycles. The van der Waals surface area contributed by atoms with Crippen molar-refractivity contribution in [1.82, 2.24) is 9.88 Å². The Kier molecular flexibility index (Phi) is 5.13. The van der Waals surface area contributed by atoms with Crippen LogP contribution in [0.5, 0.6) is 0 Å². The molecule has 0 spiro atoms. The number of rotatable bonds is 2. The Morgan fingerprint density at radius 3 is 2.61 bits per heavy atom. The lowest BCUT2D eigenvalue weighted by Gasteiger charge is -2.40. The summed E-state index contributed by atoms with van der Waals surface area (Å²) in [5.74, 6) is -0.441. The van der Waals surface area contributed by atoms with E-state index in [4.69, 9.17) is 9.47 Å². The monoisotopic (exact) mass is 341 g/mol. The molecular weight excluding hydrogens is 318 g/mol. The highest BCUT2D eigenvalue weighted by Gasteiger charge is 2.33. The van der Waals surface area contributed by atoms with E-state index in [0.29, 0.717) is 25.3 Å². The van der Waals surface area contributed by atoms with Crippen LogP contribution < -0.4 is 4.90 Å². The quantitative estimate of drug-likeness (QED) is 0.769. The third-order valence-electron chi connectivity index (χ3n) is 3.47. The van der Waals surface area contributed by atoms with Crippen LogP contribution in [-0.4, -0.2) is 60.3 Å². The molecule has 23 heavy (non-hydrogen) atoms. The first-order valence-corrected chi connectivity index (χ1v) is 8.37. The molecule has 1 aliphatic rings. The maximum absolute atomic E-state index is 12.2. The van der Waals surface area contributed by atoms with Crippen molar-refractivity contribution in [1.29, 1.82) is 0 Å². The third-order valence-corrected chi connectivity index (χ3v) is 4.36. The molecule has 1 saturated heterocycles. The van der Waals surface area contributed by atoms with Crippen LogP contribution in [-0.2, 0) is 9.47 Å². The summed E-state index contributed by atoms with van der Waals surface area (Å²) in [7, 11) is 1.34. The van der Waals surface area contributed by atoms with Gasteiger partial charge in [0.1, 0.15) is 10.6 Å². The summed E-state index contributed by atoms with van der Waals surface area (Å²) in [6, 6.07) is -0.0220. The minimum Gasteiger partial charge on any atom is -0.464 e. The smallest absolute Gasteiger partial charge is 0.410 e. The highest BCUT2D eigenvalue weighted by atomic mass is 32.1. The van der Waals surface area contributed by atoms with Gasteiger partial charge in [0.15, 0.2) is 5.69 Å². The van der Waals surface area contributed by atoms with Gasteiger partial charge in [-0.2, -0.15) is 0 Å². The van der Waals surface area contributed by atoms with Crippen molar-refractivity contribution in [3.05, 3.63) is 11.2 Å². The van der Waals surface area contributed by atoms with Crippen LogP contribution in [0.25, 0.3) is 0 Å². The molecule has 2 rings (SSSR count). The first kappa shape index (κ1) is 17.5. The molecule has 0 saturated carbocycles. The van der Waals surface area contributed by atoms with E-state index in [1.54, 1.807) is 10.4 Å². The number of carbonyl (C=O) groups is 2. The fraction of sp³-hybridized carbons (Fsp3) is 0.667. The Morgan fingerprint density at radius 1 is 1.35 bits per heavy atom. The summed E-state index contributed by atoms with van der Waals surface area (Å²) >= 11 is 1.40. The molecule has 0 aliphatic carbocycles. The number of thiazole rings is 1. The van der Waals surface area contributed by atoms with Gasteiger partial charge < -0.3 is 19.3 Å². The molecule has 0 N–H and O–H groups in total. The van der Waals surface area contributed by atoms with E-state index >= 15 is 0 Å². The molecule has 1 unspecified atom stereocenters. The second kappa shape index (κ2) is 6.74. The van der Waals surface area contributed by atoms with Gasteiger partial charge in [-0.05, 0) is 27.7 Å². The topological polar surface area (TPSA) is 72.0 Å². The Bertz CT molecular complexity index is 582. The second-order valence-corrected chi connectivity index (χ2v) is 7.30. The van der Waals surface area contributed by atoms with Crippen LogP contribution in [0.4, 0.5) is 9.80 Å². The van der Waals surface area contributed by atoms with Crippen LogP contribution in [0.1, 0.15) is 38.2 Å². The largest absolute Gasteiger partial charge is 0.464 e. The highest BCUT2D eigenvalue weighted by molar-refractivity contribution is 7.14. The van der Waals surface area contributed by atoms with E-state index in [-0.39, 0.29) is 12.1 Å². The Labute approximate surface area is 140 Å². The van der Waals surface area contributed by atoms with E-state index < -0.39 is 11.6 Å². The van der Waals surface area contributed by atoms with Crippen molar-refractivity contribution >= 4 is 28.4 Å². The number of esters is 1. The SMILES string of the molecule is COC(=O)c1ncsc1N1CCN(C(=O)OC(C)(C)C)C(C)C1. The summed E-state index contributed by atoms with van der Waals surface area (Å²) in [6.07, 6.45) is -0.304. The first-order chi connectivity index (χ1) is 10.7. The molecule has 1 atom stereocenters. The van der Waals surface area contributed by atoms with E-state index in [0.717, 1.165) is 5.00 Å². The zero-order chi connectivity index (χ0) is 17.2. The van der Waals surface area contributed by atoms with Gasteiger partial charge >= 0.3 is 12.1 Å². The maximum Gasteiger partial charge on any atom is 0.410 e. The van der Waals surface area contributed by atoms with Crippen molar-refractivity contribution in [3.8, 4) is 0 Å². The van der Waals surface area contributed by atoms with Gasteiger partial charge in [0.25, 0.3) is 0 Å². The molecule has 0 bridgehead atoms. The second-order valence-electron chi connectivity index (χ2n) is 6.47. The molecule has 2 heterocycles. The molecule has 1 amide bonds. The molecular formula is C15H23N3O4S. The van der Waals surface area contributed by atoms with E-state index in [1.165, 1.54) is 18.4 Å². The number of piperazine rings is 1. The Balaban J connectivity index is 2.06. The number of anilines is 1. The fourth-order valence-corrected chi connectivity index (χ4v) is 3.26. The molecule has 1 aromatic rings. The minimum atomic E-state index is -0.510. The zero-order valence-electron chi connectivity index (χ0n) is 14.2. The standard InChI is InChI=1S/C15H23N3O4S/c1-10-8-17(12-11(13(19)21-5)16-9-23-12)6-7-18(10)14(20)22-15(2,3)4/h9-10H,6-8H2,1-5H3.